The number of methoxy groups -OCH3 is 2. The van der Waals surface area contributed by atoms with Crippen LogP contribution >= 0.6 is 0 Å². The summed E-state index contributed by atoms with van der Waals surface area (Å²) in [5, 5.41) is 1.21. The summed E-state index contributed by atoms with van der Waals surface area (Å²) in [4.78, 5) is 32.5. The number of amides is 1. The first-order valence-corrected chi connectivity index (χ1v) is 10.7. The van der Waals surface area contributed by atoms with Crippen LogP contribution in [-0.4, -0.2) is 43.5 Å². The molecule has 3 rings (SSSR count). The molecule has 7 nitrogen and oxygen atoms in total. The molecule has 1 amide bonds. The Hall–Kier alpha value is -3.16. The highest BCUT2D eigenvalue weighted by Gasteiger charge is 2.50. The van der Waals surface area contributed by atoms with Crippen molar-refractivity contribution in [3.8, 4) is 5.75 Å². The van der Waals surface area contributed by atoms with E-state index in [4.69, 9.17) is 19.0 Å². The lowest BCUT2D eigenvalue weighted by atomic mass is 9.91. The average Bonchev–Trinajstić information content (AvgIpc) is 2.91. The number of carbonyl (C=O) groups excluding carboxylic acids is 2. The minimum absolute atomic E-state index is 0.124. The SMILES string of the molecule is COCON1C(=O)C(c2c(C)cc(C)cc2C)=C(OC(=O)c2cccc(C)c2OC)C1(C)C. The molecule has 0 aromatic heterocycles. The highest BCUT2D eigenvalue weighted by Crippen LogP contribution is 2.43. The summed E-state index contributed by atoms with van der Waals surface area (Å²) in [5.41, 5.74) is 3.92. The van der Waals surface area contributed by atoms with E-state index in [1.54, 1.807) is 26.0 Å². The number of hydrogen-bond donors (Lipinski definition) is 0. The Labute approximate surface area is 194 Å². The van der Waals surface area contributed by atoms with Crippen LogP contribution in [0.1, 0.15) is 52.0 Å². The molecule has 0 atom stereocenters. The Morgan fingerprint density at radius 3 is 2.21 bits per heavy atom. The summed E-state index contributed by atoms with van der Waals surface area (Å²) < 4.78 is 16.4. The van der Waals surface area contributed by atoms with Crippen molar-refractivity contribution in [3.63, 3.8) is 0 Å². The van der Waals surface area contributed by atoms with Gasteiger partial charge in [0.1, 0.15) is 22.6 Å². The number of esters is 1. The van der Waals surface area contributed by atoms with E-state index in [0.29, 0.717) is 11.3 Å². The van der Waals surface area contributed by atoms with Crippen LogP contribution in [0.4, 0.5) is 0 Å². The van der Waals surface area contributed by atoms with Crippen LogP contribution in [0, 0.1) is 27.7 Å². The molecule has 33 heavy (non-hydrogen) atoms. The van der Waals surface area contributed by atoms with Crippen molar-refractivity contribution in [2.24, 2.45) is 0 Å². The summed E-state index contributed by atoms with van der Waals surface area (Å²) in [6.45, 7) is 11.1. The monoisotopic (exact) mass is 453 g/mol. The molecule has 0 fully saturated rings. The van der Waals surface area contributed by atoms with Gasteiger partial charge in [0, 0.05) is 7.11 Å². The van der Waals surface area contributed by atoms with E-state index in [2.05, 4.69) is 0 Å². The molecule has 2 aromatic rings. The number of hydrogen-bond acceptors (Lipinski definition) is 6. The second-order valence-electron chi connectivity index (χ2n) is 8.72. The molecule has 1 aliphatic rings. The quantitative estimate of drug-likeness (QED) is 0.449. The fraction of sp³-hybridized carbons (Fsp3) is 0.385. The van der Waals surface area contributed by atoms with E-state index in [-0.39, 0.29) is 18.1 Å². The highest BCUT2D eigenvalue weighted by molar-refractivity contribution is 6.23. The highest BCUT2D eigenvalue weighted by atomic mass is 16.8. The zero-order valence-corrected chi connectivity index (χ0v) is 20.5. The van der Waals surface area contributed by atoms with E-state index in [0.717, 1.165) is 27.8 Å². The van der Waals surface area contributed by atoms with Gasteiger partial charge in [-0.15, -0.1) is 0 Å². The molecule has 1 heterocycles. The van der Waals surface area contributed by atoms with Crippen molar-refractivity contribution < 1.29 is 28.6 Å². The fourth-order valence-electron chi connectivity index (χ4n) is 4.38. The molecule has 0 radical (unpaired) electrons. The maximum Gasteiger partial charge on any atom is 0.347 e. The summed E-state index contributed by atoms with van der Waals surface area (Å²) in [6.07, 6.45) is 0. The maximum atomic E-state index is 13.6. The second kappa shape index (κ2) is 9.37. The molecule has 0 N–H and O–H groups in total. The van der Waals surface area contributed by atoms with Gasteiger partial charge in [-0.25, -0.2) is 14.7 Å². The van der Waals surface area contributed by atoms with Crippen LogP contribution in [0.2, 0.25) is 0 Å². The van der Waals surface area contributed by atoms with Crippen LogP contribution < -0.4 is 4.74 Å². The zero-order valence-electron chi connectivity index (χ0n) is 20.5. The van der Waals surface area contributed by atoms with Crippen molar-refractivity contribution in [2.45, 2.75) is 47.1 Å². The molecule has 0 bridgehead atoms. The van der Waals surface area contributed by atoms with Gasteiger partial charge in [0.15, 0.2) is 6.79 Å². The molecular weight excluding hydrogens is 422 g/mol. The van der Waals surface area contributed by atoms with Gasteiger partial charge in [0.25, 0.3) is 5.91 Å². The van der Waals surface area contributed by atoms with E-state index < -0.39 is 17.4 Å². The molecule has 0 unspecified atom stereocenters. The van der Waals surface area contributed by atoms with Gasteiger partial charge in [0.2, 0.25) is 0 Å². The summed E-state index contributed by atoms with van der Waals surface area (Å²) in [5.74, 6) is -0.361. The van der Waals surface area contributed by atoms with Crippen molar-refractivity contribution in [1.29, 1.82) is 0 Å². The van der Waals surface area contributed by atoms with Gasteiger partial charge in [-0.3, -0.25) is 4.79 Å². The van der Waals surface area contributed by atoms with Crippen molar-refractivity contribution in [2.75, 3.05) is 21.0 Å². The van der Waals surface area contributed by atoms with Crippen molar-refractivity contribution in [1.82, 2.24) is 5.06 Å². The molecule has 2 aromatic carbocycles. The minimum Gasteiger partial charge on any atom is -0.496 e. The Morgan fingerprint density at radius 2 is 1.64 bits per heavy atom. The lowest BCUT2D eigenvalue weighted by molar-refractivity contribution is -0.238. The lowest BCUT2D eigenvalue weighted by Crippen LogP contribution is -2.44. The third-order valence-electron chi connectivity index (χ3n) is 5.75. The Bertz CT molecular complexity index is 1110. The van der Waals surface area contributed by atoms with Gasteiger partial charge in [-0.1, -0.05) is 29.8 Å². The Balaban J connectivity index is 2.19. The number of hydroxylamine groups is 2. The van der Waals surface area contributed by atoms with Gasteiger partial charge in [0.05, 0.1) is 12.7 Å². The lowest BCUT2D eigenvalue weighted by Gasteiger charge is -2.31. The van der Waals surface area contributed by atoms with Crippen LogP contribution in [-0.2, 0) is 19.1 Å². The number of para-hydroxylation sites is 1. The molecular formula is C26H31NO6. The largest absolute Gasteiger partial charge is 0.496 e. The predicted molar refractivity (Wildman–Crippen MR) is 125 cm³/mol. The number of ether oxygens (including phenoxy) is 3. The van der Waals surface area contributed by atoms with E-state index in [9.17, 15) is 9.59 Å². The number of aryl methyl sites for hydroxylation is 4. The predicted octanol–water partition coefficient (Wildman–Crippen LogP) is 4.65. The van der Waals surface area contributed by atoms with Crippen molar-refractivity contribution >= 4 is 17.4 Å². The van der Waals surface area contributed by atoms with Crippen LogP contribution in [0.15, 0.2) is 36.1 Å². The smallest absolute Gasteiger partial charge is 0.347 e. The first-order chi connectivity index (χ1) is 15.5. The maximum absolute atomic E-state index is 13.6. The number of rotatable bonds is 7. The minimum atomic E-state index is -1.07. The normalized spacial score (nSPS) is 15.3. The van der Waals surface area contributed by atoms with E-state index >= 15 is 0 Å². The van der Waals surface area contributed by atoms with Gasteiger partial charge in [-0.2, -0.15) is 0 Å². The number of benzene rings is 2. The van der Waals surface area contributed by atoms with Gasteiger partial charge in [-0.05, 0) is 69.9 Å². The van der Waals surface area contributed by atoms with Crippen molar-refractivity contribution in [3.05, 3.63) is 69.5 Å². The third-order valence-corrected chi connectivity index (χ3v) is 5.75. The molecule has 176 valence electrons. The zero-order chi connectivity index (χ0) is 24.5. The number of nitrogens with zero attached hydrogens (tertiary/aromatic N) is 1. The molecule has 0 spiro atoms. The van der Waals surface area contributed by atoms with Crippen LogP contribution in [0.3, 0.4) is 0 Å². The third kappa shape index (κ3) is 4.38. The van der Waals surface area contributed by atoms with Crippen LogP contribution in [0.5, 0.6) is 5.75 Å². The van der Waals surface area contributed by atoms with Gasteiger partial charge < -0.3 is 14.2 Å². The summed E-state index contributed by atoms with van der Waals surface area (Å²) >= 11 is 0. The molecule has 0 saturated carbocycles. The van der Waals surface area contributed by atoms with Gasteiger partial charge >= 0.3 is 5.97 Å². The first kappa shape index (κ1) is 24.5. The first-order valence-electron chi connectivity index (χ1n) is 10.7. The second-order valence-corrected chi connectivity index (χ2v) is 8.72. The fourth-order valence-corrected chi connectivity index (χ4v) is 4.38. The van der Waals surface area contributed by atoms with E-state index in [1.165, 1.54) is 19.3 Å². The standard InChI is InChI=1S/C26H31NO6/c1-15-12-17(3)20(18(4)13-15)21-23(26(5,6)27(24(21)28)32-14-30-7)33-25(29)19-11-9-10-16(2)22(19)31-8/h9-13H,14H2,1-8H3. The molecule has 1 aliphatic heterocycles. The molecule has 7 heteroatoms. The molecule has 0 aliphatic carbocycles. The topological polar surface area (TPSA) is 74.3 Å². The Kier molecular flexibility index (Phi) is 6.95. The van der Waals surface area contributed by atoms with Crippen LogP contribution in [0.25, 0.3) is 5.57 Å². The summed E-state index contributed by atoms with van der Waals surface area (Å²) in [7, 11) is 2.98. The van der Waals surface area contributed by atoms with E-state index in [1.807, 2.05) is 45.9 Å². The summed E-state index contributed by atoms with van der Waals surface area (Å²) in [6, 6.07) is 9.24. The Morgan fingerprint density at radius 1 is 1.00 bits per heavy atom. The number of carbonyl (C=O) groups is 2. The molecule has 0 saturated heterocycles. The average molecular weight is 454 g/mol.